The zero-order valence-corrected chi connectivity index (χ0v) is 11.9. The van der Waals surface area contributed by atoms with Crippen LogP contribution in [0.15, 0.2) is 0 Å². The molecule has 1 saturated heterocycles. The summed E-state index contributed by atoms with van der Waals surface area (Å²) in [5.74, 6) is 5.08. The number of sulfonamides is 1. The minimum atomic E-state index is -3.14. The molecule has 1 unspecified atom stereocenters. The van der Waals surface area contributed by atoms with Gasteiger partial charge in [0.2, 0.25) is 10.0 Å². The van der Waals surface area contributed by atoms with Crippen LogP contribution in [0.2, 0.25) is 0 Å². The molecule has 1 atom stereocenters. The average Bonchev–Trinajstić information content (AvgIpc) is 2.28. The van der Waals surface area contributed by atoms with Crippen molar-refractivity contribution in [1.29, 1.82) is 0 Å². The van der Waals surface area contributed by atoms with E-state index in [0.717, 1.165) is 0 Å². The number of hydrogen-bond donors (Lipinski definition) is 2. The van der Waals surface area contributed by atoms with E-state index in [0.29, 0.717) is 26.2 Å². The first-order valence-electron chi connectivity index (χ1n) is 5.97. The van der Waals surface area contributed by atoms with Gasteiger partial charge in [-0.15, -0.1) is 0 Å². The maximum absolute atomic E-state index is 11.7. The van der Waals surface area contributed by atoms with Gasteiger partial charge in [-0.2, -0.15) is 4.31 Å². The minimum Gasteiger partial charge on any atom is -0.293 e. The maximum atomic E-state index is 11.7. The van der Waals surface area contributed by atoms with Crippen molar-refractivity contribution in [2.24, 2.45) is 11.8 Å². The lowest BCUT2D eigenvalue weighted by atomic mass is 10.0. The summed E-state index contributed by atoms with van der Waals surface area (Å²) in [6.45, 7) is 5.82. The van der Waals surface area contributed by atoms with Gasteiger partial charge in [0.1, 0.15) is 0 Å². The number of carbonyl (C=O) groups is 1. The molecule has 0 aliphatic carbocycles. The predicted octanol–water partition coefficient (Wildman–Crippen LogP) is -1.42. The van der Waals surface area contributed by atoms with Gasteiger partial charge in [0.05, 0.1) is 12.3 Å². The lowest BCUT2D eigenvalue weighted by molar-refractivity contribution is -0.128. The summed E-state index contributed by atoms with van der Waals surface area (Å²) < 4.78 is 24.2. The first kappa shape index (κ1) is 15.4. The van der Waals surface area contributed by atoms with Crippen LogP contribution in [0.25, 0.3) is 0 Å². The number of hydrazine groups is 1. The number of amides is 1. The molecule has 1 aliphatic rings. The van der Waals surface area contributed by atoms with Crippen LogP contribution in [0, 0.1) is 5.92 Å². The normalized spacial score (nSPS) is 20.9. The monoisotopic (exact) mass is 278 g/mol. The van der Waals surface area contributed by atoms with Crippen molar-refractivity contribution >= 4 is 15.9 Å². The van der Waals surface area contributed by atoms with Crippen molar-refractivity contribution in [2.45, 2.75) is 19.9 Å². The Morgan fingerprint density at radius 2 is 1.72 bits per heavy atom. The highest BCUT2D eigenvalue weighted by molar-refractivity contribution is 7.88. The Bertz CT molecular complexity index is 388. The molecule has 8 heteroatoms. The molecule has 0 aromatic heterocycles. The minimum absolute atomic E-state index is 0.123. The number of nitrogens with zero attached hydrogens (tertiary/aromatic N) is 2. The molecule has 0 aromatic carbocycles. The number of carbonyl (C=O) groups excluding carboxylic acids is 1. The Morgan fingerprint density at radius 1 is 1.22 bits per heavy atom. The number of rotatable bonds is 4. The number of piperazine rings is 1. The fraction of sp³-hybridized carbons (Fsp3) is 0.900. The van der Waals surface area contributed by atoms with Gasteiger partial charge in [-0.1, -0.05) is 13.8 Å². The summed E-state index contributed by atoms with van der Waals surface area (Å²) in [6.07, 6.45) is 1.20. The van der Waals surface area contributed by atoms with Crippen LogP contribution < -0.4 is 11.3 Å². The standard InChI is InChI=1S/C10H22N4O3S/c1-8(2)9(10(15)12-11)13-4-6-14(7-5-13)18(3,16)17/h8-9H,4-7,11H2,1-3H3,(H,12,15). The zero-order chi connectivity index (χ0) is 13.9. The third kappa shape index (κ3) is 3.64. The maximum Gasteiger partial charge on any atom is 0.251 e. The van der Waals surface area contributed by atoms with E-state index in [-0.39, 0.29) is 17.9 Å². The first-order valence-corrected chi connectivity index (χ1v) is 7.82. The van der Waals surface area contributed by atoms with Gasteiger partial charge in [0, 0.05) is 26.2 Å². The van der Waals surface area contributed by atoms with Crippen LogP contribution in [-0.2, 0) is 14.8 Å². The van der Waals surface area contributed by atoms with E-state index < -0.39 is 10.0 Å². The van der Waals surface area contributed by atoms with Crippen molar-refractivity contribution in [1.82, 2.24) is 14.6 Å². The van der Waals surface area contributed by atoms with Crippen molar-refractivity contribution < 1.29 is 13.2 Å². The van der Waals surface area contributed by atoms with Gasteiger partial charge in [-0.3, -0.25) is 15.1 Å². The molecule has 3 N–H and O–H groups in total. The molecular weight excluding hydrogens is 256 g/mol. The largest absolute Gasteiger partial charge is 0.293 e. The summed E-state index contributed by atoms with van der Waals surface area (Å²) in [5.41, 5.74) is 2.17. The van der Waals surface area contributed by atoms with Crippen LogP contribution in [0.5, 0.6) is 0 Å². The third-order valence-corrected chi connectivity index (χ3v) is 4.48. The topological polar surface area (TPSA) is 95.7 Å². The molecule has 1 heterocycles. The van der Waals surface area contributed by atoms with E-state index in [1.165, 1.54) is 10.6 Å². The van der Waals surface area contributed by atoms with Crippen LogP contribution in [-0.4, -0.2) is 62.0 Å². The molecule has 106 valence electrons. The van der Waals surface area contributed by atoms with Gasteiger partial charge in [-0.25, -0.2) is 14.3 Å². The average molecular weight is 278 g/mol. The summed E-state index contributed by atoms with van der Waals surface area (Å²) in [4.78, 5) is 13.7. The summed E-state index contributed by atoms with van der Waals surface area (Å²) in [6, 6.07) is -0.309. The highest BCUT2D eigenvalue weighted by Gasteiger charge is 2.32. The molecule has 0 spiro atoms. The van der Waals surface area contributed by atoms with Gasteiger partial charge < -0.3 is 0 Å². The van der Waals surface area contributed by atoms with Gasteiger partial charge >= 0.3 is 0 Å². The summed E-state index contributed by atoms with van der Waals surface area (Å²) in [7, 11) is -3.14. The summed E-state index contributed by atoms with van der Waals surface area (Å²) in [5, 5.41) is 0. The van der Waals surface area contributed by atoms with E-state index in [4.69, 9.17) is 5.84 Å². The SMILES string of the molecule is CC(C)C(C(=O)NN)N1CCN(S(C)(=O)=O)CC1. The van der Waals surface area contributed by atoms with Crippen molar-refractivity contribution in [2.75, 3.05) is 32.4 Å². The molecule has 1 aliphatic heterocycles. The van der Waals surface area contributed by atoms with Crippen LogP contribution in [0.3, 0.4) is 0 Å². The second-order valence-corrected chi connectivity index (χ2v) is 6.88. The van der Waals surface area contributed by atoms with Gasteiger partial charge in [0.15, 0.2) is 0 Å². The Hall–Kier alpha value is -0.700. The Morgan fingerprint density at radius 3 is 2.06 bits per heavy atom. The molecular formula is C10H22N4O3S. The van der Waals surface area contributed by atoms with Crippen molar-refractivity contribution in [3.8, 4) is 0 Å². The molecule has 1 amide bonds. The zero-order valence-electron chi connectivity index (χ0n) is 11.1. The molecule has 1 fully saturated rings. The number of hydrogen-bond acceptors (Lipinski definition) is 5. The fourth-order valence-corrected chi connectivity index (χ4v) is 3.12. The Balaban J connectivity index is 2.68. The van der Waals surface area contributed by atoms with Crippen LogP contribution in [0.1, 0.15) is 13.8 Å². The summed E-state index contributed by atoms with van der Waals surface area (Å²) >= 11 is 0. The molecule has 18 heavy (non-hydrogen) atoms. The van der Waals surface area contributed by atoms with Gasteiger partial charge in [0.25, 0.3) is 5.91 Å². The van der Waals surface area contributed by atoms with E-state index in [1.807, 2.05) is 18.7 Å². The van der Waals surface area contributed by atoms with E-state index in [1.54, 1.807) is 0 Å². The Kier molecular flexibility index (Phi) is 5.09. The van der Waals surface area contributed by atoms with E-state index >= 15 is 0 Å². The van der Waals surface area contributed by atoms with Crippen LogP contribution >= 0.6 is 0 Å². The Labute approximate surface area is 108 Å². The predicted molar refractivity (Wildman–Crippen MR) is 68.9 cm³/mol. The van der Waals surface area contributed by atoms with E-state index in [9.17, 15) is 13.2 Å². The van der Waals surface area contributed by atoms with Crippen molar-refractivity contribution in [3.05, 3.63) is 0 Å². The number of nitrogens with one attached hydrogen (secondary N) is 1. The fourth-order valence-electron chi connectivity index (χ4n) is 2.29. The molecule has 0 radical (unpaired) electrons. The number of nitrogens with two attached hydrogens (primary N) is 1. The second kappa shape index (κ2) is 5.96. The lowest BCUT2D eigenvalue weighted by Gasteiger charge is -2.38. The lowest BCUT2D eigenvalue weighted by Crippen LogP contribution is -2.58. The molecule has 0 bridgehead atoms. The smallest absolute Gasteiger partial charge is 0.251 e. The highest BCUT2D eigenvalue weighted by Crippen LogP contribution is 2.15. The van der Waals surface area contributed by atoms with Crippen LogP contribution in [0.4, 0.5) is 0 Å². The molecule has 7 nitrogen and oxygen atoms in total. The molecule has 0 aromatic rings. The van der Waals surface area contributed by atoms with Crippen molar-refractivity contribution in [3.63, 3.8) is 0 Å². The highest BCUT2D eigenvalue weighted by atomic mass is 32.2. The third-order valence-electron chi connectivity index (χ3n) is 3.18. The second-order valence-electron chi connectivity index (χ2n) is 4.90. The first-order chi connectivity index (χ1) is 8.27. The molecule has 0 saturated carbocycles. The van der Waals surface area contributed by atoms with E-state index in [2.05, 4.69) is 5.43 Å². The quantitative estimate of drug-likeness (QED) is 0.374. The van der Waals surface area contributed by atoms with Gasteiger partial charge in [-0.05, 0) is 5.92 Å². The molecule has 1 rings (SSSR count).